The van der Waals surface area contributed by atoms with Crippen molar-refractivity contribution in [2.75, 3.05) is 12.3 Å². The fourth-order valence-corrected chi connectivity index (χ4v) is 5.62. The van der Waals surface area contributed by atoms with Gasteiger partial charge in [-0.25, -0.2) is 0 Å². The highest BCUT2D eigenvalue weighted by atomic mass is 31.2. The van der Waals surface area contributed by atoms with Crippen molar-refractivity contribution in [2.45, 2.75) is 13.8 Å². The Morgan fingerprint density at radius 3 is 2.00 bits per heavy atom. The maximum atomic E-state index is 9.38. The minimum atomic E-state index is -1.25. The molecule has 0 unspecified atom stereocenters. The van der Waals surface area contributed by atoms with Gasteiger partial charge in [-0.3, -0.25) is 0 Å². The molecule has 2 aromatic carbocycles. The largest absolute Gasteiger partial charge is 0.508 e. The van der Waals surface area contributed by atoms with E-state index in [9.17, 15) is 5.11 Å². The smallest absolute Gasteiger partial charge is 0.401 e. The van der Waals surface area contributed by atoms with E-state index < -0.39 is 7.14 Å². The lowest BCUT2D eigenvalue weighted by Gasteiger charge is -2.24. The topological polar surface area (TPSA) is 20.2 Å². The number of phenolic OH excluding ortho intramolecular Hbond substituents is 1. The van der Waals surface area contributed by atoms with Gasteiger partial charge in [0.05, 0.1) is 5.30 Å². The molecule has 2 aromatic rings. The van der Waals surface area contributed by atoms with E-state index in [-0.39, 0.29) is 0 Å². The molecule has 0 bridgehead atoms. The van der Waals surface area contributed by atoms with Gasteiger partial charge in [-0.1, -0.05) is 30.3 Å². The minimum absolute atomic E-state index is 0.328. The van der Waals surface area contributed by atoms with Gasteiger partial charge in [0.15, 0.2) is 0 Å². The van der Waals surface area contributed by atoms with Gasteiger partial charge in [0.25, 0.3) is 0 Å². The zero-order valence-electron chi connectivity index (χ0n) is 11.6. The van der Waals surface area contributed by atoms with Crippen LogP contribution in [0, 0.1) is 0 Å². The van der Waals surface area contributed by atoms with Crippen LogP contribution in [0.5, 0.6) is 5.75 Å². The molecule has 0 heterocycles. The van der Waals surface area contributed by atoms with Crippen molar-refractivity contribution in [1.29, 1.82) is 0 Å². The van der Waals surface area contributed by atoms with Crippen molar-refractivity contribution in [3.63, 3.8) is 0 Å². The summed E-state index contributed by atoms with van der Waals surface area (Å²) in [6.45, 7) is 6.99. The van der Waals surface area contributed by atoms with Crippen molar-refractivity contribution in [2.24, 2.45) is 0 Å². The van der Waals surface area contributed by atoms with Gasteiger partial charge in [0.1, 0.15) is 5.75 Å². The molecule has 0 aromatic heterocycles. The summed E-state index contributed by atoms with van der Waals surface area (Å²) in [5.41, 5.74) is 1.21. The molecule has 3 heteroatoms. The van der Waals surface area contributed by atoms with E-state index in [0.29, 0.717) is 5.75 Å². The molecule has 0 saturated heterocycles. The molecular weight excluding hydrogens is 250 g/mol. The molecule has 0 aliphatic heterocycles. The van der Waals surface area contributed by atoms with Crippen LogP contribution in [0.25, 0.3) is 0 Å². The van der Waals surface area contributed by atoms with Crippen LogP contribution in [0.3, 0.4) is 0 Å². The second-order valence-corrected chi connectivity index (χ2v) is 8.83. The average molecular weight is 270 g/mol. The zero-order valence-corrected chi connectivity index (χ0v) is 12.5. The maximum absolute atomic E-state index is 9.38. The summed E-state index contributed by atoms with van der Waals surface area (Å²) in [7, 11) is -1.25. The van der Waals surface area contributed by atoms with Crippen LogP contribution in [0.1, 0.15) is 13.8 Å². The van der Waals surface area contributed by atoms with Gasteiger partial charge in [0, 0.05) is 19.5 Å². The quantitative estimate of drug-likeness (QED) is 0.654. The molecule has 0 aliphatic rings. The number of aromatic hydroxyl groups is 1. The van der Waals surface area contributed by atoms with E-state index in [1.54, 1.807) is 12.1 Å². The van der Waals surface area contributed by atoms with E-state index >= 15 is 0 Å². The number of hydrogen-bond acceptors (Lipinski definition) is 1. The highest BCUT2D eigenvalue weighted by Crippen LogP contribution is 2.54. The highest BCUT2D eigenvalue weighted by molar-refractivity contribution is 8.07. The van der Waals surface area contributed by atoms with Crippen LogP contribution < -0.4 is 10.8 Å². The predicted molar refractivity (Wildman–Crippen MR) is 87.6 cm³/mol. The molecule has 1 nitrogen and oxygen atoms in total. The molecule has 0 saturated carbocycles. The van der Waals surface area contributed by atoms with Crippen LogP contribution in [-0.4, -0.2) is 24.4 Å². The van der Waals surface area contributed by atoms with Gasteiger partial charge in [-0.15, -0.1) is 0 Å². The third-order valence-corrected chi connectivity index (χ3v) is 8.06. The lowest BCUT2D eigenvalue weighted by Crippen LogP contribution is -2.28. The van der Waals surface area contributed by atoms with E-state index in [1.165, 1.54) is 23.1 Å². The van der Waals surface area contributed by atoms with E-state index in [1.807, 2.05) is 12.1 Å². The monoisotopic (exact) mass is 270 g/mol. The summed E-state index contributed by atoms with van der Waals surface area (Å²) in [6, 6.07) is 18.3. The average Bonchev–Trinajstić information content (AvgIpc) is 2.48. The molecule has 0 spiro atoms. The van der Waals surface area contributed by atoms with E-state index in [0.717, 1.165) is 0 Å². The van der Waals surface area contributed by atoms with Crippen LogP contribution >= 0.6 is 7.14 Å². The molecule has 0 fully saturated rings. The van der Waals surface area contributed by atoms with Gasteiger partial charge in [-0.2, -0.15) is 0 Å². The Morgan fingerprint density at radius 1 is 0.895 bits per heavy atom. The van der Waals surface area contributed by atoms with Crippen LogP contribution in [0.15, 0.2) is 54.6 Å². The Balaban J connectivity index is 2.32. The van der Waals surface area contributed by atoms with Crippen molar-refractivity contribution in [1.82, 2.24) is 0 Å². The standard InChI is InChI=1S/C16H20BOP/c1-3-19(4-2,16-8-6-5-7-9-16)17-14-10-12-15(18)13-11-14/h5-13,18H,3-4H2,1-2H3/q+1. The third-order valence-electron chi connectivity index (χ3n) is 3.69. The Kier molecular flexibility index (Phi) is 4.66. The summed E-state index contributed by atoms with van der Waals surface area (Å²) in [5, 5.41) is 10.8. The summed E-state index contributed by atoms with van der Waals surface area (Å²) >= 11 is 0. The molecule has 1 radical (unpaired) electrons. The number of benzene rings is 2. The zero-order chi connectivity index (χ0) is 13.7. The molecule has 1 N–H and O–H groups in total. The second kappa shape index (κ2) is 6.26. The molecule has 19 heavy (non-hydrogen) atoms. The Hall–Kier alpha value is -1.27. The van der Waals surface area contributed by atoms with Gasteiger partial charge >= 0.3 is 7.00 Å². The predicted octanol–water partition coefficient (Wildman–Crippen LogP) is 3.02. The Labute approximate surface area is 117 Å². The maximum Gasteiger partial charge on any atom is 0.401 e. The molecule has 2 rings (SSSR count). The number of rotatable bonds is 5. The van der Waals surface area contributed by atoms with Crippen LogP contribution in [0.2, 0.25) is 0 Å². The van der Waals surface area contributed by atoms with Crippen molar-refractivity contribution < 1.29 is 5.11 Å². The Morgan fingerprint density at radius 2 is 1.47 bits per heavy atom. The van der Waals surface area contributed by atoms with Gasteiger partial charge in [-0.05, 0) is 43.6 Å². The molecule has 97 valence electrons. The normalized spacial score (nSPS) is 11.3. The third kappa shape index (κ3) is 3.19. The van der Waals surface area contributed by atoms with Crippen LogP contribution in [0.4, 0.5) is 0 Å². The Bertz CT molecular complexity index is 506. The fraction of sp³-hybridized carbons (Fsp3) is 0.250. The SMILES string of the molecule is CC[P+]([B]c1ccc(O)cc1)(CC)c1ccccc1. The summed E-state index contributed by atoms with van der Waals surface area (Å²) in [6.07, 6.45) is 2.35. The lowest BCUT2D eigenvalue weighted by atomic mass is 9.94. The van der Waals surface area contributed by atoms with E-state index in [4.69, 9.17) is 0 Å². The molecular formula is C16H20BOP+. The molecule has 0 amide bonds. The van der Waals surface area contributed by atoms with Crippen molar-refractivity contribution in [3.8, 4) is 5.75 Å². The highest BCUT2D eigenvalue weighted by Gasteiger charge is 2.38. The van der Waals surface area contributed by atoms with Crippen molar-refractivity contribution in [3.05, 3.63) is 54.6 Å². The second-order valence-electron chi connectivity index (χ2n) is 4.72. The first kappa shape index (κ1) is 14.2. The summed E-state index contributed by atoms with van der Waals surface area (Å²) in [5.74, 6) is 0.328. The van der Waals surface area contributed by atoms with Gasteiger partial charge in [0.2, 0.25) is 0 Å². The van der Waals surface area contributed by atoms with Crippen molar-refractivity contribution >= 4 is 24.9 Å². The van der Waals surface area contributed by atoms with Gasteiger partial charge < -0.3 is 5.11 Å². The number of hydrogen-bond donors (Lipinski definition) is 1. The minimum Gasteiger partial charge on any atom is -0.508 e. The van der Waals surface area contributed by atoms with Crippen LogP contribution in [-0.2, 0) is 0 Å². The first-order valence-electron chi connectivity index (χ1n) is 6.77. The molecule has 0 atom stereocenters. The first-order chi connectivity index (χ1) is 9.20. The number of phenols is 1. The fourth-order valence-electron chi connectivity index (χ4n) is 2.42. The molecule has 0 aliphatic carbocycles. The van der Waals surface area contributed by atoms with E-state index in [2.05, 4.69) is 51.2 Å². The summed E-state index contributed by atoms with van der Waals surface area (Å²) in [4.78, 5) is 0. The summed E-state index contributed by atoms with van der Waals surface area (Å²) < 4.78 is 0. The lowest BCUT2D eigenvalue weighted by molar-refractivity contribution is 0.475. The first-order valence-corrected chi connectivity index (χ1v) is 9.00.